The van der Waals surface area contributed by atoms with E-state index in [2.05, 4.69) is 11.8 Å². The van der Waals surface area contributed by atoms with Crippen molar-refractivity contribution in [3.05, 3.63) is 48.0 Å². The van der Waals surface area contributed by atoms with Gasteiger partial charge >= 0.3 is 5.97 Å². The van der Waals surface area contributed by atoms with Crippen molar-refractivity contribution >= 4 is 11.9 Å². The minimum atomic E-state index is -1.04. The van der Waals surface area contributed by atoms with E-state index in [9.17, 15) is 14.7 Å². The van der Waals surface area contributed by atoms with Crippen molar-refractivity contribution in [2.75, 3.05) is 19.8 Å². The summed E-state index contributed by atoms with van der Waals surface area (Å²) in [7, 11) is 0. The fraction of sp³-hybridized carbons (Fsp3) is 0.429. The molecule has 1 aliphatic rings. The van der Waals surface area contributed by atoms with Gasteiger partial charge in [0.05, 0.1) is 18.7 Å². The maximum atomic E-state index is 12.2. The molecule has 144 valence electrons. The van der Waals surface area contributed by atoms with Crippen LogP contribution >= 0.6 is 0 Å². The minimum Gasteiger partial charge on any atom is -0.480 e. The summed E-state index contributed by atoms with van der Waals surface area (Å²) in [6, 6.07) is 9.65. The first kappa shape index (κ1) is 20.7. The monoisotopic (exact) mass is 371 g/mol. The summed E-state index contributed by atoms with van der Waals surface area (Å²) < 4.78 is 4.85. The number of benzene rings is 1. The van der Waals surface area contributed by atoms with Gasteiger partial charge in [0.15, 0.2) is 0 Å². The Hall–Kier alpha value is -2.62. The van der Waals surface area contributed by atoms with Crippen LogP contribution in [-0.2, 0) is 20.7 Å². The number of likely N-dealkylation sites (tertiary alicyclic amines) is 1. The van der Waals surface area contributed by atoms with Gasteiger partial charge in [-0.05, 0) is 18.4 Å². The van der Waals surface area contributed by atoms with E-state index in [4.69, 9.17) is 9.84 Å². The smallest absolute Gasteiger partial charge is 0.329 e. The predicted octanol–water partition coefficient (Wildman–Crippen LogP) is 1.63. The highest BCUT2D eigenvalue weighted by atomic mass is 16.5. The van der Waals surface area contributed by atoms with Gasteiger partial charge in [-0.3, -0.25) is 4.79 Å². The maximum absolute atomic E-state index is 12.2. The van der Waals surface area contributed by atoms with Crippen LogP contribution in [0.25, 0.3) is 0 Å². The van der Waals surface area contributed by atoms with Crippen LogP contribution in [0.15, 0.2) is 42.5 Å². The number of nitrogens with zero attached hydrogens (tertiary/aromatic N) is 1. The highest BCUT2D eigenvalue weighted by Crippen LogP contribution is 2.19. The van der Waals surface area contributed by atoms with E-state index in [0.29, 0.717) is 12.8 Å². The van der Waals surface area contributed by atoms with Crippen molar-refractivity contribution in [1.82, 2.24) is 4.90 Å². The number of hydrogen-bond acceptors (Lipinski definition) is 4. The average molecular weight is 371 g/mol. The number of carbonyl (C=O) groups excluding carboxylic acids is 1. The molecule has 1 aromatic carbocycles. The number of carboxylic acids is 1. The van der Waals surface area contributed by atoms with Gasteiger partial charge in [-0.15, -0.1) is 0 Å². The molecule has 2 N–H and O–H groups in total. The van der Waals surface area contributed by atoms with Crippen molar-refractivity contribution in [2.45, 2.75) is 37.8 Å². The third-order valence-corrected chi connectivity index (χ3v) is 4.23. The van der Waals surface area contributed by atoms with Gasteiger partial charge in [-0.25, -0.2) is 4.79 Å². The third-order valence-electron chi connectivity index (χ3n) is 4.23. The lowest BCUT2D eigenvalue weighted by atomic mass is 9.99. The molecule has 0 bridgehead atoms. The van der Waals surface area contributed by atoms with Crippen LogP contribution in [0, 0.1) is 11.8 Å². The zero-order valence-electron chi connectivity index (χ0n) is 15.2. The number of piperidine rings is 1. The van der Waals surface area contributed by atoms with Gasteiger partial charge in [0.25, 0.3) is 0 Å². The Bertz CT molecular complexity index is 704. The number of ether oxygens (including phenoxy) is 1. The molecular formula is C21H25NO5. The standard InChI is InChI=1S/C21H25NO5/c23-19(15-17-7-2-1-3-8-17)12-11-18-9-6-10-20(24)22(18)13-4-5-14-27-16-21(25)26/h1-3,7-8,11-12,18-19,23H,6,9-10,13-16H2,(H,25,26). The molecule has 0 saturated carbocycles. The van der Waals surface area contributed by atoms with Crippen molar-refractivity contribution in [3.63, 3.8) is 0 Å². The summed E-state index contributed by atoms with van der Waals surface area (Å²) in [6.45, 7) is -0.105. The number of carboxylic acid groups (broad SMARTS) is 1. The molecule has 1 aromatic rings. The van der Waals surface area contributed by atoms with Crippen molar-refractivity contribution in [2.24, 2.45) is 0 Å². The summed E-state index contributed by atoms with van der Waals surface area (Å²) in [6.07, 6.45) is 5.68. The van der Waals surface area contributed by atoms with Gasteiger partial charge in [0, 0.05) is 12.8 Å². The maximum Gasteiger partial charge on any atom is 0.329 e. The minimum absolute atomic E-state index is 0.0185. The summed E-state index contributed by atoms with van der Waals surface area (Å²) in [5, 5.41) is 18.7. The number of hydrogen-bond donors (Lipinski definition) is 2. The molecule has 1 saturated heterocycles. The molecule has 2 atom stereocenters. The number of aliphatic carboxylic acids is 1. The van der Waals surface area contributed by atoms with E-state index in [1.165, 1.54) is 0 Å². The molecule has 2 unspecified atom stereocenters. The van der Waals surface area contributed by atoms with Crippen LogP contribution in [0.3, 0.4) is 0 Å². The Balaban J connectivity index is 1.87. The molecule has 1 heterocycles. The van der Waals surface area contributed by atoms with Crippen LogP contribution in [0.4, 0.5) is 0 Å². The number of rotatable bonds is 8. The van der Waals surface area contributed by atoms with Gasteiger partial charge in [0.1, 0.15) is 13.2 Å². The Morgan fingerprint density at radius 2 is 2.11 bits per heavy atom. The summed E-state index contributed by atoms with van der Waals surface area (Å²) in [5.41, 5.74) is 1.05. The fourth-order valence-electron chi connectivity index (χ4n) is 2.91. The molecule has 6 heteroatoms. The van der Waals surface area contributed by atoms with Gasteiger partial charge in [-0.1, -0.05) is 54.3 Å². The predicted molar refractivity (Wildman–Crippen MR) is 101 cm³/mol. The molecule has 1 amide bonds. The van der Waals surface area contributed by atoms with E-state index in [1.807, 2.05) is 36.4 Å². The summed E-state index contributed by atoms with van der Waals surface area (Å²) >= 11 is 0. The SMILES string of the molecule is O=C(O)COCC#CCN1C(=O)CCCC1C=CC(O)Cc1ccccc1. The molecule has 27 heavy (non-hydrogen) atoms. The van der Waals surface area contributed by atoms with E-state index < -0.39 is 12.1 Å². The van der Waals surface area contributed by atoms with Crippen LogP contribution in [-0.4, -0.2) is 58.9 Å². The lowest BCUT2D eigenvalue weighted by Crippen LogP contribution is -2.42. The van der Waals surface area contributed by atoms with Crippen LogP contribution < -0.4 is 0 Å². The van der Waals surface area contributed by atoms with Crippen molar-refractivity contribution in [1.29, 1.82) is 0 Å². The average Bonchev–Trinajstić information content (AvgIpc) is 2.65. The fourth-order valence-corrected chi connectivity index (χ4v) is 2.91. The van der Waals surface area contributed by atoms with E-state index in [0.717, 1.165) is 18.4 Å². The number of aliphatic hydroxyl groups is 1. The second-order valence-corrected chi connectivity index (χ2v) is 6.36. The molecule has 0 aliphatic carbocycles. The summed E-state index contributed by atoms with van der Waals surface area (Å²) in [4.78, 5) is 24.2. The molecule has 0 aromatic heterocycles. The third kappa shape index (κ3) is 7.65. The molecule has 2 rings (SSSR count). The first-order valence-corrected chi connectivity index (χ1v) is 9.01. The Morgan fingerprint density at radius 1 is 1.33 bits per heavy atom. The lowest BCUT2D eigenvalue weighted by molar-refractivity contribution is -0.141. The molecule has 1 aliphatic heterocycles. The van der Waals surface area contributed by atoms with Gasteiger partial charge in [-0.2, -0.15) is 0 Å². The summed E-state index contributed by atoms with van der Waals surface area (Å²) in [5.74, 6) is 4.58. The Labute approximate surface area is 159 Å². The second kappa shape index (κ2) is 11.2. The Kier molecular flexibility index (Phi) is 8.56. The number of amides is 1. The Morgan fingerprint density at radius 3 is 2.85 bits per heavy atom. The van der Waals surface area contributed by atoms with Crippen molar-refractivity contribution < 1.29 is 24.5 Å². The first-order chi connectivity index (χ1) is 13.1. The second-order valence-electron chi connectivity index (χ2n) is 6.36. The molecule has 6 nitrogen and oxygen atoms in total. The quantitative estimate of drug-likeness (QED) is 0.412. The van der Waals surface area contributed by atoms with E-state index in [1.54, 1.807) is 11.0 Å². The zero-order valence-corrected chi connectivity index (χ0v) is 15.2. The molecule has 1 fully saturated rings. The highest BCUT2D eigenvalue weighted by Gasteiger charge is 2.25. The zero-order chi connectivity index (χ0) is 19.5. The molecule has 0 spiro atoms. The largest absolute Gasteiger partial charge is 0.480 e. The van der Waals surface area contributed by atoms with Crippen LogP contribution in [0.5, 0.6) is 0 Å². The van der Waals surface area contributed by atoms with Gasteiger partial charge in [0.2, 0.25) is 5.91 Å². The van der Waals surface area contributed by atoms with E-state index >= 15 is 0 Å². The topological polar surface area (TPSA) is 87.1 Å². The molecular weight excluding hydrogens is 346 g/mol. The first-order valence-electron chi connectivity index (χ1n) is 9.01. The number of aliphatic hydroxyl groups excluding tert-OH is 1. The highest BCUT2D eigenvalue weighted by molar-refractivity contribution is 5.78. The normalized spacial score (nSPS) is 18.2. The molecule has 0 radical (unpaired) electrons. The van der Waals surface area contributed by atoms with E-state index in [-0.39, 0.29) is 31.7 Å². The lowest BCUT2D eigenvalue weighted by Gasteiger charge is -2.32. The van der Waals surface area contributed by atoms with Crippen LogP contribution in [0.1, 0.15) is 24.8 Å². The number of carbonyl (C=O) groups is 2. The van der Waals surface area contributed by atoms with Gasteiger partial charge < -0.3 is 19.8 Å². The van der Waals surface area contributed by atoms with Crippen molar-refractivity contribution in [3.8, 4) is 11.8 Å². The van der Waals surface area contributed by atoms with Crippen LogP contribution in [0.2, 0.25) is 0 Å².